The third-order valence-electron chi connectivity index (χ3n) is 3.99. The van der Waals surface area contributed by atoms with Crippen LogP contribution in [0.15, 0.2) is 18.2 Å². The zero-order valence-electron chi connectivity index (χ0n) is 13.4. The fraction of sp³-hybridized carbons (Fsp3) is 0.235. The van der Waals surface area contributed by atoms with Gasteiger partial charge in [-0.25, -0.2) is 0 Å². The molecule has 1 aliphatic carbocycles. The van der Waals surface area contributed by atoms with E-state index in [-0.39, 0.29) is 5.11 Å². The van der Waals surface area contributed by atoms with Crippen LogP contribution >= 0.6 is 35.2 Å². The van der Waals surface area contributed by atoms with Gasteiger partial charge in [0.05, 0.1) is 16.1 Å². The number of anilines is 1. The molecule has 0 radical (unpaired) electrons. The molecule has 130 valence electrons. The predicted molar refractivity (Wildman–Crippen MR) is 105 cm³/mol. The number of primary amides is 1. The van der Waals surface area contributed by atoms with Crippen molar-refractivity contribution in [1.29, 1.82) is 0 Å². The summed E-state index contributed by atoms with van der Waals surface area (Å²) in [5.41, 5.74) is 8.28. The minimum absolute atomic E-state index is 0.101. The van der Waals surface area contributed by atoms with Crippen molar-refractivity contribution in [2.24, 2.45) is 5.73 Å². The summed E-state index contributed by atoms with van der Waals surface area (Å²) in [5.74, 6) is -0.898. The highest BCUT2D eigenvalue weighted by Crippen LogP contribution is 2.38. The third kappa shape index (κ3) is 3.68. The number of thiophene rings is 1. The van der Waals surface area contributed by atoms with Gasteiger partial charge in [0.1, 0.15) is 5.00 Å². The lowest BCUT2D eigenvalue weighted by Gasteiger charge is -2.11. The molecule has 0 saturated carbocycles. The smallest absolute Gasteiger partial charge is 0.258 e. The van der Waals surface area contributed by atoms with Crippen molar-refractivity contribution in [3.63, 3.8) is 0 Å². The lowest BCUT2D eigenvalue weighted by atomic mass is 10.1. The zero-order chi connectivity index (χ0) is 18.1. The molecule has 0 unspecified atom stereocenters. The summed E-state index contributed by atoms with van der Waals surface area (Å²) in [6.07, 6.45) is 2.79. The van der Waals surface area contributed by atoms with Crippen LogP contribution in [0.25, 0.3) is 0 Å². The highest BCUT2D eigenvalue weighted by molar-refractivity contribution is 7.80. The van der Waals surface area contributed by atoms with E-state index in [9.17, 15) is 9.59 Å². The van der Waals surface area contributed by atoms with Crippen molar-refractivity contribution >= 4 is 57.1 Å². The highest BCUT2D eigenvalue weighted by atomic mass is 35.5. The molecule has 0 aliphatic heterocycles. The van der Waals surface area contributed by atoms with Crippen LogP contribution < -0.4 is 16.4 Å². The SMILES string of the molecule is Cc1ccc(C(=O)NC(=S)Nc2sc3c(c2C(N)=O)CCC3)c(Cl)c1. The number of aryl methyl sites for hydroxylation is 2. The Hall–Kier alpha value is -1.96. The van der Waals surface area contributed by atoms with E-state index in [1.807, 2.05) is 6.92 Å². The van der Waals surface area contributed by atoms with Crippen LogP contribution in [0.5, 0.6) is 0 Å². The van der Waals surface area contributed by atoms with E-state index in [0.29, 0.717) is 21.2 Å². The average molecular weight is 394 g/mol. The van der Waals surface area contributed by atoms with E-state index in [1.54, 1.807) is 18.2 Å². The second kappa shape index (κ2) is 7.11. The van der Waals surface area contributed by atoms with Crippen LogP contribution in [0.3, 0.4) is 0 Å². The molecule has 1 heterocycles. The Morgan fingerprint density at radius 3 is 2.76 bits per heavy atom. The van der Waals surface area contributed by atoms with Crippen molar-refractivity contribution < 1.29 is 9.59 Å². The van der Waals surface area contributed by atoms with Crippen molar-refractivity contribution in [3.05, 3.63) is 50.4 Å². The van der Waals surface area contributed by atoms with Gasteiger partial charge in [0.2, 0.25) is 0 Å². The van der Waals surface area contributed by atoms with Crippen molar-refractivity contribution in [1.82, 2.24) is 5.32 Å². The minimum atomic E-state index is -0.488. The number of nitrogens with one attached hydrogen (secondary N) is 2. The first-order chi connectivity index (χ1) is 11.9. The Balaban J connectivity index is 1.75. The number of carbonyl (C=O) groups excluding carboxylic acids is 2. The van der Waals surface area contributed by atoms with Gasteiger partial charge in [0.15, 0.2) is 5.11 Å². The summed E-state index contributed by atoms with van der Waals surface area (Å²) in [6, 6.07) is 5.15. The zero-order valence-corrected chi connectivity index (χ0v) is 15.8. The standard InChI is InChI=1S/C17H16ClN3O2S2/c1-8-5-6-9(11(18)7-8)15(23)20-17(24)21-16-13(14(19)22)10-3-2-4-12(10)25-16/h5-7H,2-4H2,1H3,(H2,19,22)(H2,20,21,23,24). The van der Waals surface area contributed by atoms with E-state index in [0.717, 1.165) is 35.3 Å². The first-order valence-electron chi connectivity index (χ1n) is 7.69. The summed E-state index contributed by atoms with van der Waals surface area (Å²) in [7, 11) is 0. The van der Waals surface area contributed by atoms with Crippen molar-refractivity contribution in [2.75, 3.05) is 5.32 Å². The first kappa shape index (κ1) is 17.8. The number of hydrogen-bond acceptors (Lipinski definition) is 4. The fourth-order valence-electron chi connectivity index (χ4n) is 2.86. The van der Waals surface area contributed by atoms with E-state index in [2.05, 4.69) is 10.6 Å². The number of fused-ring (bicyclic) bond motifs is 1. The van der Waals surface area contributed by atoms with Gasteiger partial charge in [-0.3, -0.25) is 14.9 Å². The third-order valence-corrected chi connectivity index (χ3v) is 5.72. The molecular weight excluding hydrogens is 378 g/mol. The Kier molecular flexibility index (Phi) is 5.08. The molecule has 25 heavy (non-hydrogen) atoms. The predicted octanol–water partition coefficient (Wildman–Crippen LogP) is 3.42. The topological polar surface area (TPSA) is 84.2 Å². The maximum Gasteiger partial charge on any atom is 0.258 e. The average Bonchev–Trinajstić information content (AvgIpc) is 3.06. The lowest BCUT2D eigenvalue weighted by molar-refractivity contribution is 0.0975. The largest absolute Gasteiger partial charge is 0.365 e. The molecule has 4 N–H and O–H groups in total. The quantitative estimate of drug-likeness (QED) is 0.697. The van der Waals surface area contributed by atoms with Gasteiger partial charge in [0.25, 0.3) is 11.8 Å². The van der Waals surface area contributed by atoms with Crippen LogP contribution in [0.1, 0.15) is 43.1 Å². The summed E-state index contributed by atoms with van der Waals surface area (Å²) in [4.78, 5) is 25.3. The molecule has 0 bridgehead atoms. The number of rotatable bonds is 3. The fourth-order valence-corrected chi connectivity index (χ4v) is 4.74. The molecule has 1 aromatic heterocycles. The number of benzene rings is 1. The van der Waals surface area contributed by atoms with Crippen LogP contribution in [-0.2, 0) is 12.8 Å². The van der Waals surface area contributed by atoms with Gasteiger partial charge in [0, 0.05) is 4.88 Å². The summed E-state index contributed by atoms with van der Waals surface area (Å²) in [6.45, 7) is 1.89. The molecule has 0 atom stereocenters. The van der Waals surface area contributed by atoms with Gasteiger partial charge >= 0.3 is 0 Å². The maximum absolute atomic E-state index is 12.3. The van der Waals surface area contributed by atoms with E-state index in [1.165, 1.54) is 11.3 Å². The number of carbonyl (C=O) groups is 2. The maximum atomic E-state index is 12.3. The van der Waals surface area contributed by atoms with Gasteiger partial charge in [-0.2, -0.15) is 0 Å². The van der Waals surface area contributed by atoms with Crippen molar-refractivity contribution in [3.8, 4) is 0 Å². The van der Waals surface area contributed by atoms with Crippen LogP contribution in [-0.4, -0.2) is 16.9 Å². The molecule has 3 rings (SSSR count). The molecular formula is C17H16ClN3O2S2. The second-order valence-corrected chi connectivity index (χ2v) is 7.74. The number of amides is 2. The molecule has 2 aromatic rings. The monoisotopic (exact) mass is 393 g/mol. The number of hydrogen-bond donors (Lipinski definition) is 3. The Morgan fingerprint density at radius 2 is 2.08 bits per heavy atom. The van der Waals surface area contributed by atoms with Crippen LogP contribution in [0.2, 0.25) is 5.02 Å². The number of halogens is 1. The first-order valence-corrected chi connectivity index (χ1v) is 9.30. The Labute approximate surface area is 159 Å². The van der Waals surface area contributed by atoms with Crippen molar-refractivity contribution in [2.45, 2.75) is 26.2 Å². The molecule has 0 fully saturated rings. The minimum Gasteiger partial charge on any atom is -0.365 e. The molecule has 0 spiro atoms. The van der Waals surface area contributed by atoms with E-state index < -0.39 is 11.8 Å². The van der Waals surface area contributed by atoms with Crippen LogP contribution in [0.4, 0.5) is 5.00 Å². The number of thiocarbonyl (C=S) groups is 1. The molecule has 1 aliphatic rings. The Bertz CT molecular complexity index is 892. The molecule has 0 saturated heterocycles. The molecule has 2 amide bonds. The number of nitrogens with two attached hydrogens (primary N) is 1. The summed E-state index contributed by atoms with van der Waals surface area (Å²) >= 11 is 12.8. The second-order valence-electron chi connectivity index (χ2n) is 5.82. The Morgan fingerprint density at radius 1 is 1.32 bits per heavy atom. The van der Waals surface area contributed by atoms with Gasteiger partial charge < -0.3 is 11.1 Å². The molecule has 1 aromatic carbocycles. The van der Waals surface area contributed by atoms with E-state index in [4.69, 9.17) is 29.6 Å². The summed E-state index contributed by atoms with van der Waals surface area (Å²) in [5, 5.41) is 6.55. The highest BCUT2D eigenvalue weighted by Gasteiger charge is 2.26. The lowest BCUT2D eigenvalue weighted by Crippen LogP contribution is -2.34. The normalized spacial score (nSPS) is 12.6. The van der Waals surface area contributed by atoms with E-state index >= 15 is 0 Å². The molecule has 5 nitrogen and oxygen atoms in total. The van der Waals surface area contributed by atoms with Gasteiger partial charge in [-0.1, -0.05) is 17.7 Å². The molecule has 8 heteroatoms. The van der Waals surface area contributed by atoms with Gasteiger partial charge in [-0.05, 0) is 61.7 Å². The van der Waals surface area contributed by atoms with Crippen LogP contribution in [0, 0.1) is 6.92 Å². The summed E-state index contributed by atoms with van der Waals surface area (Å²) < 4.78 is 0. The van der Waals surface area contributed by atoms with Gasteiger partial charge in [-0.15, -0.1) is 11.3 Å².